The molecule has 1 rings (SSSR count). The van der Waals surface area contributed by atoms with E-state index in [9.17, 15) is 19.4 Å². The van der Waals surface area contributed by atoms with Crippen molar-refractivity contribution in [3.05, 3.63) is 17.4 Å². The summed E-state index contributed by atoms with van der Waals surface area (Å²) in [4.78, 5) is 4.85. The average Bonchev–Trinajstić information content (AvgIpc) is 1.82. The molecular formula is C4H2ClF5N2S. The maximum atomic E-state index is 11.9. The zero-order chi connectivity index (χ0) is 10.4. The molecule has 0 spiro atoms. The van der Waals surface area contributed by atoms with Crippen molar-refractivity contribution in [3.63, 3.8) is 0 Å². The van der Waals surface area contributed by atoms with E-state index in [1.54, 1.807) is 0 Å². The summed E-state index contributed by atoms with van der Waals surface area (Å²) < 4.78 is 59.6. The molecule has 0 N–H and O–H groups in total. The van der Waals surface area contributed by atoms with E-state index in [-0.39, 0.29) is 5.02 Å². The van der Waals surface area contributed by atoms with Gasteiger partial charge in [0, 0.05) is 0 Å². The largest absolute Gasteiger partial charge is 0.342 e. The van der Waals surface area contributed by atoms with Crippen LogP contribution in [0.4, 0.5) is 19.4 Å². The zero-order valence-corrected chi connectivity index (χ0v) is 7.30. The van der Waals surface area contributed by atoms with Crippen LogP contribution in [0.25, 0.3) is 0 Å². The van der Waals surface area contributed by atoms with E-state index in [0.717, 1.165) is 0 Å². The molecule has 1 aromatic heterocycles. The molecule has 0 saturated carbocycles. The summed E-state index contributed by atoms with van der Waals surface area (Å²) in [5, 5.41) is -2.67. The van der Waals surface area contributed by atoms with Crippen LogP contribution in [0.2, 0.25) is 5.02 Å². The zero-order valence-electron chi connectivity index (χ0n) is 5.73. The van der Waals surface area contributed by atoms with Crippen LogP contribution < -0.4 is 0 Å². The summed E-state index contributed by atoms with van der Waals surface area (Å²) in [5.74, 6) is 0. The lowest BCUT2D eigenvalue weighted by Gasteiger charge is -2.37. The van der Waals surface area contributed by atoms with E-state index in [1.165, 1.54) is 0 Å². The second kappa shape index (κ2) is 2.06. The highest BCUT2D eigenvalue weighted by Crippen LogP contribution is 3.01. The standard InChI is InChI=1S/C4H2ClF5N2S/c5-3-1-11-4(12-2-3)13(6,7,8,9)10/h1-2H. The number of rotatable bonds is 1. The summed E-state index contributed by atoms with van der Waals surface area (Å²) in [6.45, 7) is 0. The van der Waals surface area contributed by atoms with Crippen LogP contribution in [0.15, 0.2) is 17.6 Å². The van der Waals surface area contributed by atoms with Crippen molar-refractivity contribution >= 4 is 21.8 Å². The molecule has 1 aromatic rings. The van der Waals surface area contributed by atoms with Gasteiger partial charge in [0.15, 0.2) is 0 Å². The average molecular weight is 241 g/mol. The molecule has 0 bridgehead atoms. The van der Waals surface area contributed by atoms with Crippen molar-refractivity contribution in [2.24, 2.45) is 0 Å². The first-order valence-corrected chi connectivity index (χ1v) is 5.03. The Bertz CT molecular complexity index is 330. The molecule has 0 atom stereocenters. The van der Waals surface area contributed by atoms with Crippen molar-refractivity contribution in [2.45, 2.75) is 5.16 Å². The van der Waals surface area contributed by atoms with Crippen LogP contribution in [0, 0.1) is 0 Å². The summed E-state index contributed by atoms with van der Waals surface area (Å²) in [6.07, 6.45) is 0.920. The second-order valence-electron chi connectivity index (χ2n) is 2.15. The van der Waals surface area contributed by atoms with Crippen molar-refractivity contribution in [1.82, 2.24) is 9.97 Å². The van der Waals surface area contributed by atoms with E-state index in [2.05, 4.69) is 9.97 Å². The molecule has 0 radical (unpaired) electrons. The monoisotopic (exact) mass is 240 g/mol. The van der Waals surface area contributed by atoms with Crippen LogP contribution in [-0.4, -0.2) is 9.97 Å². The lowest BCUT2D eigenvalue weighted by atomic mass is 10.7. The van der Waals surface area contributed by atoms with E-state index >= 15 is 0 Å². The first-order valence-electron chi connectivity index (χ1n) is 2.71. The van der Waals surface area contributed by atoms with E-state index in [4.69, 9.17) is 11.6 Å². The Morgan fingerprint density at radius 1 is 1.00 bits per heavy atom. The molecule has 0 amide bonds. The summed E-state index contributed by atoms with van der Waals surface area (Å²) >= 11 is 5.13. The predicted molar refractivity (Wildman–Crippen MR) is 38.4 cm³/mol. The molecule has 0 fully saturated rings. The number of nitrogens with zero attached hydrogens (tertiary/aromatic N) is 2. The van der Waals surface area contributed by atoms with Gasteiger partial charge in [-0.2, -0.15) is 0 Å². The smallest absolute Gasteiger partial charge is 0.222 e. The summed E-state index contributed by atoms with van der Waals surface area (Å²) in [6, 6.07) is 0. The van der Waals surface area contributed by atoms with E-state index < -0.39 is 15.4 Å². The van der Waals surface area contributed by atoms with Gasteiger partial charge in [0.1, 0.15) is 0 Å². The SMILES string of the molecule is FS(F)(F)(F)(F)c1ncc(Cl)cn1. The van der Waals surface area contributed by atoms with Gasteiger partial charge >= 0.3 is 10.2 Å². The van der Waals surface area contributed by atoms with Gasteiger partial charge in [-0.15, -0.1) is 0 Å². The third-order valence-corrected chi connectivity index (χ3v) is 2.04. The Morgan fingerprint density at radius 2 is 1.38 bits per heavy atom. The maximum Gasteiger partial charge on any atom is 0.342 e. The van der Waals surface area contributed by atoms with Crippen LogP contribution in [0.1, 0.15) is 0 Å². The predicted octanol–water partition coefficient (Wildman–Crippen LogP) is 3.79. The molecule has 0 aliphatic heterocycles. The van der Waals surface area contributed by atoms with Gasteiger partial charge < -0.3 is 0 Å². The van der Waals surface area contributed by atoms with Crippen LogP contribution in [-0.2, 0) is 0 Å². The minimum absolute atomic E-state index is 0.245. The Hall–Kier alpha value is -0.630. The Balaban J connectivity index is 3.34. The quantitative estimate of drug-likeness (QED) is 0.551. The van der Waals surface area contributed by atoms with Crippen molar-refractivity contribution in [2.75, 3.05) is 0 Å². The molecule has 2 nitrogen and oxygen atoms in total. The Labute approximate surface area is 74.5 Å². The van der Waals surface area contributed by atoms with Gasteiger partial charge in [-0.3, -0.25) is 0 Å². The van der Waals surface area contributed by atoms with E-state index in [0.29, 0.717) is 12.4 Å². The molecule has 0 saturated heterocycles. The molecule has 13 heavy (non-hydrogen) atoms. The first-order chi connectivity index (χ1) is 5.49. The van der Waals surface area contributed by atoms with Gasteiger partial charge in [0.25, 0.3) is 5.16 Å². The minimum Gasteiger partial charge on any atom is -0.222 e. The highest BCUT2D eigenvalue weighted by atomic mass is 35.5. The fourth-order valence-corrected chi connectivity index (χ4v) is 1.10. The van der Waals surface area contributed by atoms with Crippen LogP contribution in [0.5, 0.6) is 0 Å². The molecule has 0 aliphatic rings. The lowest BCUT2D eigenvalue weighted by Crippen LogP contribution is -2.10. The van der Waals surface area contributed by atoms with Gasteiger partial charge in [0.2, 0.25) is 0 Å². The number of aromatic nitrogens is 2. The van der Waals surface area contributed by atoms with Gasteiger partial charge in [-0.05, 0) is 0 Å². The van der Waals surface area contributed by atoms with Gasteiger partial charge in [-0.1, -0.05) is 31.0 Å². The molecule has 1 heterocycles. The lowest BCUT2D eigenvalue weighted by molar-refractivity contribution is 0.351. The third-order valence-electron chi connectivity index (χ3n) is 0.942. The normalized spacial score (nSPS) is 17.7. The van der Waals surface area contributed by atoms with Gasteiger partial charge in [-0.25, -0.2) is 9.97 Å². The van der Waals surface area contributed by atoms with Crippen LogP contribution >= 0.6 is 21.8 Å². The topological polar surface area (TPSA) is 25.8 Å². The number of halogens is 6. The second-order valence-corrected chi connectivity index (χ2v) is 4.89. The number of hydrogen-bond donors (Lipinski definition) is 0. The molecule has 0 aliphatic carbocycles. The molecule has 9 heteroatoms. The minimum atomic E-state index is -9.73. The van der Waals surface area contributed by atoms with E-state index in [1.807, 2.05) is 0 Å². The van der Waals surface area contributed by atoms with Crippen molar-refractivity contribution in [3.8, 4) is 0 Å². The fraction of sp³-hybridized carbons (Fsp3) is 0. The summed E-state index contributed by atoms with van der Waals surface area (Å²) in [7, 11) is -9.73. The van der Waals surface area contributed by atoms with Crippen molar-refractivity contribution < 1.29 is 19.4 Å². The van der Waals surface area contributed by atoms with Crippen LogP contribution in [0.3, 0.4) is 0 Å². The highest BCUT2D eigenvalue weighted by Gasteiger charge is 2.68. The molecule has 0 aromatic carbocycles. The summed E-state index contributed by atoms with van der Waals surface area (Å²) in [5.41, 5.74) is 0. The highest BCUT2D eigenvalue weighted by molar-refractivity contribution is 8.45. The molecule has 76 valence electrons. The fourth-order valence-electron chi connectivity index (χ4n) is 0.500. The Kier molecular flexibility index (Phi) is 1.66. The molecular weight excluding hydrogens is 239 g/mol. The Morgan fingerprint density at radius 3 is 1.69 bits per heavy atom. The number of hydrogen-bond acceptors (Lipinski definition) is 2. The maximum absolute atomic E-state index is 11.9. The molecule has 0 unspecified atom stereocenters. The van der Waals surface area contributed by atoms with Crippen molar-refractivity contribution in [1.29, 1.82) is 0 Å². The van der Waals surface area contributed by atoms with Gasteiger partial charge in [0.05, 0.1) is 17.4 Å². The first kappa shape index (κ1) is 10.5. The third kappa shape index (κ3) is 2.66.